The maximum Gasteiger partial charge on any atom is 0.349 e. The van der Waals surface area contributed by atoms with Crippen LogP contribution in [0.2, 0.25) is 5.02 Å². The summed E-state index contributed by atoms with van der Waals surface area (Å²) in [5.41, 5.74) is -0.127. The van der Waals surface area contributed by atoms with Gasteiger partial charge >= 0.3 is 5.69 Å². The third-order valence-corrected chi connectivity index (χ3v) is 4.53. The third-order valence-electron chi connectivity index (χ3n) is 4.25. The second kappa shape index (κ2) is 8.31. The number of H-pyrrole nitrogens is 1. The minimum Gasteiger partial charge on any atom is -0.493 e. The third kappa shape index (κ3) is 3.94. The maximum atomic E-state index is 12.5. The zero-order valence-electron chi connectivity index (χ0n) is 15.7. The second-order valence-electron chi connectivity index (χ2n) is 6.21. The molecule has 1 aromatic heterocycles. The Labute approximate surface area is 166 Å². The largest absolute Gasteiger partial charge is 0.493 e. The predicted octanol–water partition coefficient (Wildman–Crippen LogP) is 3.41. The molecule has 1 unspecified atom stereocenters. The fraction of sp³-hybridized carbons (Fsp3) is 0.250. The van der Waals surface area contributed by atoms with E-state index >= 15 is 0 Å². The summed E-state index contributed by atoms with van der Waals surface area (Å²) in [6.45, 7) is 3.94. The highest BCUT2D eigenvalue weighted by Gasteiger charge is 2.14. The van der Waals surface area contributed by atoms with Crippen molar-refractivity contribution in [3.8, 4) is 11.5 Å². The van der Waals surface area contributed by atoms with Crippen LogP contribution in [0.25, 0.3) is 10.9 Å². The van der Waals surface area contributed by atoms with Crippen LogP contribution in [0.1, 0.15) is 25.8 Å². The smallest absolute Gasteiger partial charge is 0.349 e. The molecule has 8 heteroatoms. The molecule has 1 atom stereocenters. The molecule has 0 aliphatic rings. The van der Waals surface area contributed by atoms with E-state index in [4.69, 9.17) is 21.1 Å². The highest BCUT2D eigenvalue weighted by Crippen LogP contribution is 2.37. The first-order valence-corrected chi connectivity index (χ1v) is 9.15. The average Bonchev–Trinajstić information content (AvgIpc) is 2.69. The fourth-order valence-electron chi connectivity index (χ4n) is 2.60. The molecule has 0 fully saturated rings. The number of hydrogen-bond donors (Lipinski definition) is 1. The lowest BCUT2D eigenvalue weighted by Crippen LogP contribution is -2.32. The van der Waals surface area contributed by atoms with Gasteiger partial charge in [0.15, 0.2) is 11.5 Å². The Morgan fingerprint density at radius 3 is 2.75 bits per heavy atom. The van der Waals surface area contributed by atoms with Crippen LogP contribution < -0.4 is 20.7 Å². The van der Waals surface area contributed by atoms with E-state index in [1.165, 1.54) is 13.3 Å². The Bertz CT molecular complexity index is 1150. The Morgan fingerprint density at radius 2 is 2.04 bits per heavy atom. The molecule has 0 saturated heterocycles. The molecule has 3 aromatic rings. The van der Waals surface area contributed by atoms with Crippen molar-refractivity contribution >= 4 is 28.7 Å². The molecule has 2 aromatic carbocycles. The van der Waals surface area contributed by atoms with E-state index in [1.54, 1.807) is 36.4 Å². The van der Waals surface area contributed by atoms with Crippen molar-refractivity contribution in [3.05, 3.63) is 67.8 Å². The first-order chi connectivity index (χ1) is 13.4. The van der Waals surface area contributed by atoms with Crippen LogP contribution in [-0.4, -0.2) is 29.1 Å². The molecule has 146 valence electrons. The van der Waals surface area contributed by atoms with E-state index in [9.17, 15) is 9.59 Å². The van der Waals surface area contributed by atoms with Gasteiger partial charge in [0.1, 0.15) is 0 Å². The monoisotopic (exact) mass is 401 g/mol. The zero-order chi connectivity index (χ0) is 20.3. The average molecular weight is 402 g/mol. The number of ether oxygens (including phenoxy) is 2. The molecule has 0 spiro atoms. The van der Waals surface area contributed by atoms with E-state index < -0.39 is 11.2 Å². The van der Waals surface area contributed by atoms with E-state index in [0.29, 0.717) is 33.0 Å². The molecule has 1 heterocycles. The number of aromatic amines is 1. The van der Waals surface area contributed by atoms with Gasteiger partial charge in [-0.2, -0.15) is 5.10 Å². The molecule has 0 bridgehead atoms. The number of hydrogen-bond acceptors (Lipinski definition) is 5. The van der Waals surface area contributed by atoms with Crippen LogP contribution >= 0.6 is 11.6 Å². The van der Waals surface area contributed by atoms with Crippen molar-refractivity contribution < 1.29 is 9.47 Å². The van der Waals surface area contributed by atoms with Crippen molar-refractivity contribution in [2.24, 2.45) is 5.10 Å². The Morgan fingerprint density at radius 1 is 1.29 bits per heavy atom. The lowest BCUT2D eigenvalue weighted by Gasteiger charge is -2.17. The first-order valence-electron chi connectivity index (χ1n) is 8.77. The van der Waals surface area contributed by atoms with Gasteiger partial charge in [0.25, 0.3) is 5.56 Å². The van der Waals surface area contributed by atoms with Crippen molar-refractivity contribution in [1.82, 2.24) is 9.66 Å². The lowest BCUT2D eigenvalue weighted by atomic mass is 10.2. The van der Waals surface area contributed by atoms with Gasteiger partial charge in [0.2, 0.25) is 0 Å². The quantitative estimate of drug-likeness (QED) is 0.641. The van der Waals surface area contributed by atoms with Gasteiger partial charge < -0.3 is 14.5 Å². The SMILES string of the molecule is CCC(C)Oc1c(Cl)cc(C=Nn2c(=O)[nH]c3ccccc3c2=O)cc1OC. The van der Waals surface area contributed by atoms with Gasteiger partial charge in [0, 0.05) is 0 Å². The summed E-state index contributed by atoms with van der Waals surface area (Å²) in [6.07, 6.45) is 2.16. The normalized spacial score (nSPS) is 12.4. The molecule has 0 saturated carbocycles. The van der Waals surface area contributed by atoms with Crippen LogP contribution in [0, 0.1) is 0 Å². The molecule has 1 N–H and O–H groups in total. The fourth-order valence-corrected chi connectivity index (χ4v) is 2.86. The van der Waals surface area contributed by atoms with Gasteiger partial charge in [-0.05, 0) is 43.2 Å². The van der Waals surface area contributed by atoms with Gasteiger partial charge in [-0.1, -0.05) is 30.7 Å². The molecule has 3 rings (SSSR count). The van der Waals surface area contributed by atoms with Crippen LogP contribution in [0.3, 0.4) is 0 Å². The Balaban J connectivity index is 2.01. The maximum absolute atomic E-state index is 12.5. The number of para-hydroxylation sites is 1. The molecule has 0 radical (unpaired) electrons. The van der Waals surface area contributed by atoms with Crippen LogP contribution in [-0.2, 0) is 0 Å². The van der Waals surface area contributed by atoms with Crippen molar-refractivity contribution in [1.29, 1.82) is 0 Å². The number of aromatic nitrogens is 2. The number of halogens is 1. The summed E-state index contributed by atoms with van der Waals surface area (Å²) in [5.74, 6) is 0.880. The van der Waals surface area contributed by atoms with Crippen LogP contribution in [0.5, 0.6) is 11.5 Å². The number of benzene rings is 2. The van der Waals surface area contributed by atoms with E-state index in [2.05, 4.69) is 10.1 Å². The first kappa shape index (κ1) is 19.7. The molecule has 7 nitrogen and oxygen atoms in total. The standard InChI is InChI=1S/C20H20ClN3O4/c1-4-12(2)28-18-15(21)9-13(10-17(18)27-3)11-22-24-19(25)14-7-5-6-8-16(14)23-20(24)26/h5-12H,4H2,1-3H3,(H,23,26). The minimum atomic E-state index is -0.630. The Kier molecular flexibility index (Phi) is 5.84. The van der Waals surface area contributed by atoms with E-state index in [0.717, 1.165) is 11.1 Å². The van der Waals surface area contributed by atoms with Crippen LogP contribution in [0.15, 0.2) is 51.1 Å². The molecule has 28 heavy (non-hydrogen) atoms. The predicted molar refractivity (Wildman–Crippen MR) is 110 cm³/mol. The van der Waals surface area contributed by atoms with Crippen molar-refractivity contribution in [3.63, 3.8) is 0 Å². The topological polar surface area (TPSA) is 85.7 Å². The molecule has 0 amide bonds. The molecule has 0 aliphatic heterocycles. The van der Waals surface area contributed by atoms with Gasteiger partial charge in [-0.25, -0.2) is 4.79 Å². The number of methoxy groups -OCH3 is 1. The van der Waals surface area contributed by atoms with E-state index in [-0.39, 0.29) is 6.10 Å². The highest BCUT2D eigenvalue weighted by molar-refractivity contribution is 6.32. The van der Waals surface area contributed by atoms with Crippen molar-refractivity contribution in [2.75, 3.05) is 7.11 Å². The summed E-state index contributed by atoms with van der Waals surface area (Å²) in [6, 6.07) is 10.0. The number of fused-ring (bicyclic) bond motifs is 1. The second-order valence-corrected chi connectivity index (χ2v) is 6.62. The molecule has 0 aliphatic carbocycles. The lowest BCUT2D eigenvalue weighted by molar-refractivity contribution is 0.208. The summed E-state index contributed by atoms with van der Waals surface area (Å²) < 4.78 is 11.9. The number of rotatable bonds is 6. The number of nitrogens with one attached hydrogen (secondary N) is 1. The molecular formula is C20H20ClN3O4. The summed E-state index contributed by atoms with van der Waals surface area (Å²) >= 11 is 6.33. The Hall–Kier alpha value is -3.06. The highest BCUT2D eigenvalue weighted by atomic mass is 35.5. The van der Waals surface area contributed by atoms with Crippen LogP contribution in [0.4, 0.5) is 0 Å². The van der Waals surface area contributed by atoms with E-state index in [1.807, 2.05) is 13.8 Å². The minimum absolute atomic E-state index is 0.0272. The summed E-state index contributed by atoms with van der Waals surface area (Å²) in [4.78, 5) is 27.4. The summed E-state index contributed by atoms with van der Waals surface area (Å²) in [5, 5.41) is 4.75. The zero-order valence-corrected chi connectivity index (χ0v) is 16.5. The number of nitrogens with zero attached hydrogens (tertiary/aromatic N) is 2. The summed E-state index contributed by atoms with van der Waals surface area (Å²) in [7, 11) is 1.51. The van der Waals surface area contributed by atoms with Gasteiger partial charge in [-0.3, -0.25) is 4.79 Å². The van der Waals surface area contributed by atoms with Gasteiger partial charge in [0.05, 0.1) is 35.4 Å². The molecular weight excluding hydrogens is 382 g/mol. The van der Waals surface area contributed by atoms with Gasteiger partial charge in [-0.15, -0.1) is 4.68 Å². The van der Waals surface area contributed by atoms with Crippen molar-refractivity contribution in [2.45, 2.75) is 26.4 Å².